The Bertz CT molecular complexity index is 1190. The minimum absolute atomic E-state index is 0. The summed E-state index contributed by atoms with van der Waals surface area (Å²) in [5, 5.41) is 5.40. The number of nitrogens with one attached hydrogen (secondary N) is 1. The van der Waals surface area contributed by atoms with Crippen LogP contribution in [0.2, 0.25) is 0 Å². The van der Waals surface area contributed by atoms with Crippen molar-refractivity contribution in [3.63, 3.8) is 0 Å². The van der Waals surface area contributed by atoms with Crippen molar-refractivity contribution in [2.45, 2.75) is 23.8 Å². The van der Waals surface area contributed by atoms with Crippen molar-refractivity contribution in [1.29, 1.82) is 0 Å². The molecule has 0 aliphatic heterocycles. The molecule has 3 rings (SSSR count). The summed E-state index contributed by atoms with van der Waals surface area (Å²) in [6, 6.07) is 14.9. The maximum Gasteiger partial charge on any atom is 0.251 e. The number of benzene rings is 2. The first-order valence-corrected chi connectivity index (χ1v) is 14.1. The third kappa shape index (κ3) is 7.70. The van der Waals surface area contributed by atoms with Crippen LogP contribution in [0.4, 0.5) is 0 Å². The standard InChI is InChI=1S/C23H24N2O4S3.H2S/c1-30-12-11-19(25-23(27)17-9-6-10-18(13-17)32(2,28)29)21(26)14-22-24-20(15-31-22)16-7-4-3-5-8-16;/h3-10,13,15,19H,11-12,14H2,1-2H3,(H,25,27);1H2/t19-;/m0./s1. The molecule has 33 heavy (non-hydrogen) atoms. The van der Waals surface area contributed by atoms with Crippen LogP contribution in [0.3, 0.4) is 0 Å². The largest absolute Gasteiger partial charge is 0.342 e. The van der Waals surface area contributed by atoms with Crippen LogP contribution >= 0.6 is 36.6 Å². The van der Waals surface area contributed by atoms with E-state index in [2.05, 4.69) is 10.3 Å². The Morgan fingerprint density at radius 3 is 2.52 bits per heavy atom. The highest BCUT2D eigenvalue weighted by Crippen LogP contribution is 2.22. The smallest absolute Gasteiger partial charge is 0.251 e. The average molecular weight is 523 g/mol. The van der Waals surface area contributed by atoms with E-state index in [1.807, 2.05) is 42.0 Å². The molecule has 0 spiro atoms. The van der Waals surface area contributed by atoms with Gasteiger partial charge < -0.3 is 5.32 Å². The van der Waals surface area contributed by atoms with Gasteiger partial charge in [0.2, 0.25) is 0 Å². The molecule has 10 heteroatoms. The zero-order chi connectivity index (χ0) is 23.1. The van der Waals surface area contributed by atoms with Crippen molar-refractivity contribution in [3.05, 3.63) is 70.5 Å². The number of sulfone groups is 1. The molecule has 0 radical (unpaired) electrons. The summed E-state index contributed by atoms with van der Waals surface area (Å²) in [6.45, 7) is 0. The lowest BCUT2D eigenvalue weighted by atomic mass is 10.1. The molecule has 6 nitrogen and oxygen atoms in total. The molecule has 0 saturated heterocycles. The highest BCUT2D eigenvalue weighted by molar-refractivity contribution is 7.98. The quantitative estimate of drug-likeness (QED) is 0.433. The predicted molar refractivity (Wildman–Crippen MR) is 140 cm³/mol. The summed E-state index contributed by atoms with van der Waals surface area (Å²) in [6.07, 6.45) is 3.63. The Morgan fingerprint density at radius 1 is 1.12 bits per heavy atom. The molecule has 0 bridgehead atoms. The van der Waals surface area contributed by atoms with Crippen LogP contribution in [0, 0.1) is 0 Å². The second-order valence-electron chi connectivity index (χ2n) is 7.24. The SMILES string of the molecule is CSCC[C@H](NC(=O)c1cccc(S(C)(=O)=O)c1)C(=O)Cc1nc(-c2ccccc2)cs1.S. The molecule has 1 atom stereocenters. The fraction of sp³-hybridized carbons (Fsp3) is 0.261. The van der Waals surface area contributed by atoms with Gasteiger partial charge in [0.1, 0.15) is 5.01 Å². The number of hydrogen-bond donors (Lipinski definition) is 1. The molecule has 0 saturated carbocycles. The molecule has 176 valence electrons. The molecule has 3 aromatic rings. The van der Waals surface area contributed by atoms with Gasteiger partial charge in [-0.1, -0.05) is 36.4 Å². The topological polar surface area (TPSA) is 93.2 Å². The molecule has 2 aromatic carbocycles. The first-order valence-electron chi connectivity index (χ1n) is 9.90. The number of ketones is 1. The van der Waals surface area contributed by atoms with E-state index in [9.17, 15) is 18.0 Å². The predicted octanol–water partition coefficient (Wildman–Crippen LogP) is 3.99. The van der Waals surface area contributed by atoms with E-state index < -0.39 is 21.8 Å². The van der Waals surface area contributed by atoms with Crippen LogP contribution in [-0.4, -0.2) is 49.4 Å². The Hall–Kier alpha value is -2.14. The highest BCUT2D eigenvalue weighted by Gasteiger charge is 2.23. The summed E-state index contributed by atoms with van der Waals surface area (Å²) in [5.41, 5.74) is 2.01. The number of Topliss-reactive ketones (excluding diaryl/α,β-unsaturated/α-hetero) is 1. The van der Waals surface area contributed by atoms with Crippen molar-refractivity contribution >= 4 is 58.1 Å². The monoisotopic (exact) mass is 522 g/mol. The molecular formula is C23H26N2O4S4. The number of carbonyl (C=O) groups excluding carboxylic acids is 2. The summed E-state index contributed by atoms with van der Waals surface area (Å²) < 4.78 is 23.6. The van der Waals surface area contributed by atoms with E-state index >= 15 is 0 Å². The molecule has 0 unspecified atom stereocenters. The van der Waals surface area contributed by atoms with Crippen LogP contribution in [0.5, 0.6) is 0 Å². The maximum atomic E-state index is 13.0. The summed E-state index contributed by atoms with van der Waals surface area (Å²) in [5.74, 6) is 0.104. The summed E-state index contributed by atoms with van der Waals surface area (Å²) in [7, 11) is -3.44. The number of hydrogen-bond acceptors (Lipinski definition) is 7. The number of aromatic nitrogens is 1. The zero-order valence-electron chi connectivity index (χ0n) is 18.3. The van der Waals surface area contributed by atoms with Crippen molar-refractivity contribution < 1.29 is 18.0 Å². The second kappa shape index (κ2) is 12.4. The lowest BCUT2D eigenvalue weighted by Crippen LogP contribution is -2.42. The Balaban J connectivity index is 0.00000385. The van der Waals surface area contributed by atoms with Gasteiger partial charge in [0, 0.05) is 22.8 Å². The van der Waals surface area contributed by atoms with Crippen LogP contribution < -0.4 is 5.32 Å². The summed E-state index contributed by atoms with van der Waals surface area (Å²) >= 11 is 3.01. The van der Waals surface area contributed by atoms with Crippen molar-refractivity contribution in [2.24, 2.45) is 0 Å². The highest BCUT2D eigenvalue weighted by atomic mass is 32.2. The summed E-state index contributed by atoms with van der Waals surface area (Å²) in [4.78, 5) is 30.4. The number of nitrogens with zero attached hydrogens (tertiary/aromatic N) is 1. The number of amides is 1. The Kier molecular flexibility index (Phi) is 10.2. The van der Waals surface area contributed by atoms with Crippen molar-refractivity contribution in [2.75, 3.05) is 18.3 Å². The van der Waals surface area contributed by atoms with Crippen LogP contribution in [0.15, 0.2) is 64.9 Å². The second-order valence-corrected chi connectivity index (χ2v) is 11.2. The van der Waals surface area contributed by atoms with Gasteiger partial charge in [0.05, 0.1) is 23.1 Å². The van der Waals surface area contributed by atoms with Gasteiger partial charge >= 0.3 is 0 Å². The number of thiazole rings is 1. The van der Waals surface area contributed by atoms with E-state index in [1.165, 1.54) is 35.6 Å². The fourth-order valence-electron chi connectivity index (χ4n) is 3.06. The molecule has 1 heterocycles. The molecule has 0 aliphatic rings. The van der Waals surface area contributed by atoms with E-state index in [0.717, 1.165) is 17.5 Å². The average Bonchev–Trinajstić information content (AvgIpc) is 3.25. The first kappa shape index (κ1) is 27.1. The molecule has 0 aliphatic carbocycles. The van der Waals surface area contributed by atoms with E-state index in [1.54, 1.807) is 11.8 Å². The normalized spacial score (nSPS) is 11.9. The minimum atomic E-state index is -3.44. The molecule has 1 amide bonds. The lowest BCUT2D eigenvalue weighted by molar-refractivity contribution is -0.120. The van der Waals surface area contributed by atoms with Gasteiger partial charge in [-0.15, -0.1) is 11.3 Å². The minimum Gasteiger partial charge on any atom is -0.342 e. The third-order valence-corrected chi connectivity index (χ3v) is 7.38. The lowest BCUT2D eigenvalue weighted by Gasteiger charge is -2.17. The Morgan fingerprint density at radius 2 is 1.85 bits per heavy atom. The van der Waals surface area contributed by atoms with Crippen molar-refractivity contribution in [3.8, 4) is 11.3 Å². The van der Waals surface area contributed by atoms with Crippen LogP contribution in [0.25, 0.3) is 11.3 Å². The number of thioether (sulfide) groups is 1. The van der Waals surface area contributed by atoms with E-state index in [4.69, 9.17) is 0 Å². The maximum absolute atomic E-state index is 13.0. The van der Waals surface area contributed by atoms with Gasteiger partial charge in [0.25, 0.3) is 5.91 Å². The van der Waals surface area contributed by atoms with E-state index in [0.29, 0.717) is 17.2 Å². The molecule has 1 N–H and O–H groups in total. The van der Waals surface area contributed by atoms with Gasteiger partial charge in [-0.3, -0.25) is 9.59 Å². The number of carbonyl (C=O) groups is 2. The van der Waals surface area contributed by atoms with Gasteiger partial charge in [-0.2, -0.15) is 25.3 Å². The fourth-order valence-corrected chi connectivity index (χ4v) is 5.02. The number of rotatable bonds is 10. The van der Waals surface area contributed by atoms with Crippen LogP contribution in [-0.2, 0) is 21.1 Å². The third-order valence-electron chi connectivity index (χ3n) is 4.78. The van der Waals surface area contributed by atoms with Crippen LogP contribution in [0.1, 0.15) is 21.8 Å². The first-order chi connectivity index (χ1) is 15.3. The zero-order valence-corrected chi connectivity index (χ0v) is 21.7. The molecule has 1 aromatic heterocycles. The Labute approximate surface area is 209 Å². The van der Waals surface area contributed by atoms with Gasteiger partial charge in [0.15, 0.2) is 15.6 Å². The van der Waals surface area contributed by atoms with Gasteiger partial charge in [-0.05, 0) is 36.6 Å². The molecule has 0 fully saturated rings. The van der Waals surface area contributed by atoms with Gasteiger partial charge in [-0.25, -0.2) is 13.4 Å². The molecular weight excluding hydrogens is 497 g/mol. The van der Waals surface area contributed by atoms with E-state index in [-0.39, 0.29) is 36.2 Å². The van der Waals surface area contributed by atoms with Crippen molar-refractivity contribution in [1.82, 2.24) is 10.3 Å².